The smallest absolute Gasteiger partial charge is 0.307 e. The van der Waals surface area contributed by atoms with Crippen LogP contribution in [0, 0.1) is 23.7 Å². The Bertz CT molecular complexity index is 269. The van der Waals surface area contributed by atoms with Crippen molar-refractivity contribution in [1.29, 1.82) is 0 Å². The number of carboxylic acids is 1. The molecule has 0 aromatic heterocycles. The van der Waals surface area contributed by atoms with E-state index in [-0.39, 0.29) is 11.8 Å². The minimum absolute atomic E-state index is 0.0139. The lowest BCUT2D eigenvalue weighted by Crippen LogP contribution is -2.36. The van der Waals surface area contributed by atoms with E-state index >= 15 is 0 Å². The number of hydrogen-bond donors (Lipinski definition) is 2. The quantitative estimate of drug-likeness (QED) is 0.588. The van der Waals surface area contributed by atoms with Crippen LogP contribution in [0.2, 0.25) is 0 Å². The van der Waals surface area contributed by atoms with E-state index in [1.807, 2.05) is 12.2 Å². The molecule has 0 aliphatic heterocycles. The van der Waals surface area contributed by atoms with E-state index in [1.54, 1.807) is 0 Å². The van der Waals surface area contributed by atoms with Gasteiger partial charge in [0.1, 0.15) is 0 Å². The van der Waals surface area contributed by atoms with Crippen LogP contribution in [0.25, 0.3) is 0 Å². The predicted molar refractivity (Wildman–Crippen MR) is 44.5 cm³/mol. The number of hydrogen-bond acceptors (Lipinski definition) is 2. The van der Waals surface area contributed by atoms with Crippen LogP contribution in [-0.2, 0) is 9.59 Å². The molecule has 0 saturated heterocycles. The summed E-state index contributed by atoms with van der Waals surface area (Å²) in [6.07, 6.45) is 4.58. The summed E-state index contributed by atoms with van der Waals surface area (Å²) in [6, 6.07) is 0. The maximum atomic E-state index is 11.0. The summed E-state index contributed by atoms with van der Waals surface area (Å²) < 4.78 is 0. The first kappa shape index (κ1) is 8.29. The first-order chi connectivity index (χ1) is 6.11. The second-order valence-electron chi connectivity index (χ2n) is 3.74. The number of amides is 1. The van der Waals surface area contributed by atoms with Crippen LogP contribution in [0.1, 0.15) is 6.42 Å². The van der Waals surface area contributed by atoms with Gasteiger partial charge in [0.2, 0.25) is 5.91 Å². The number of primary amides is 1. The number of rotatable bonds is 2. The zero-order valence-electron chi connectivity index (χ0n) is 7.01. The van der Waals surface area contributed by atoms with Crippen molar-refractivity contribution in [3.8, 4) is 0 Å². The van der Waals surface area contributed by atoms with Gasteiger partial charge in [-0.2, -0.15) is 0 Å². The highest BCUT2D eigenvalue weighted by atomic mass is 16.4. The summed E-state index contributed by atoms with van der Waals surface area (Å²) in [4.78, 5) is 21.9. The summed E-state index contributed by atoms with van der Waals surface area (Å²) in [5.41, 5.74) is 5.18. The molecular weight excluding hydrogens is 170 g/mol. The SMILES string of the molecule is NC(=O)[C@@H]1[C@H](C(=O)O)[C@@H]2C=C[C@@H]1C2. The van der Waals surface area contributed by atoms with Crippen molar-refractivity contribution in [2.45, 2.75) is 6.42 Å². The van der Waals surface area contributed by atoms with E-state index in [2.05, 4.69) is 0 Å². The molecule has 2 aliphatic carbocycles. The Morgan fingerprint density at radius 3 is 2.15 bits per heavy atom. The number of carbonyl (C=O) groups is 2. The molecule has 4 atom stereocenters. The lowest BCUT2D eigenvalue weighted by Gasteiger charge is -2.21. The Labute approximate surface area is 75.4 Å². The lowest BCUT2D eigenvalue weighted by atomic mass is 9.83. The molecule has 2 bridgehead atoms. The summed E-state index contributed by atoms with van der Waals surface area (Å²) in [7, 11) is 0. The van der Waals surface area contributed by atoms with Gasteiger partial charge in [0, 0.05) is 0 Å². The number of carboxylic acid groups (broad SMARTS) is 1. The fraction of sp³-hybridized carbons (Fsp3) is 0.556. The average molecular weight is 181 g/mol. The second kappa shape index (κ2) is 2.58. The molecule has 0 aromatic rings. The molecule has 3 N–H and O–H groups in total. The highest BCUT2D eigenvalue weighted by Gasteiger charge is 2.50. The molecule has 0 aromatic carbocycles. The van der Waals surface area contributed by atoms with E-state index in [4.69, 9.17) is 10.8 Å². The molecule has 4 heteroatoms. The third kappa shape index (κ3) is 1.05. The van der Waals surface area contributed by atoms with Gasteiger partial charge in [-0.3, -0.25) is 9.59 Å². The van der Waals surface area contributed by atoms with Gasteiger partial charge in [-0.1, -0.05) is 12.2 Å². The summed E-state index contributed by atoms with van der Waals surface area (Å²) in [6.45, 7) is 0. The van der Waals surface area contributed by atoms with Crippen molar-refractivity contribution in [3.05, 3.63) is 12.2 Å². The van der Waals surface area contributed by atoms with Gasteiger partial charge in [0.15, 0.2) is 0 Å². The predicted octanol–water partition coefficient (Wildman–Crippen LogP) is -0.00540. The molecule has 2 rings (SSSR count). The van der Waals surface area contributed by atoms with Crippen LogP contribution >= 0.6 is 0 Å². The summed E-state index contributed by atoms with van der Waals surface area (Å²) >= 11 is 0. The molecule has 70 valence electrons. The van der Waals surface area contributed by atoms with Crippen molar-refractivity contribution < 1.29 is 14.7 Å². The first-order valence-electron chi connectivity index (χ1n) is 4.31. The van der Waals surface area contributed by atoms with Gasteiger partial charge in [-0.05, 0) is 18.3 Å². The molecule has 0 unspecified atom stereocenters. The maximum absolute atomic E-state index is 11.0. The second-order valence-corrected chi connectivity index (χ2v) is 3.74. The molecule has 0 radical (unpaired) electrons. The van der Waals surface area contributed by atoms with Crippen LogP contribution in [-0.4, -0.2) is 17.0 Å². The van der Waals surface area contributed by atoms with Crippen LogP contribution < -0.4 is 5.73 Å². The zero-order chi connectivity index (χ0) is 9.59. The Hall–Kier alpha value is -1.32. The number of allylic oxidation sites excluding steroid dienone is 2. The molecule has 0 spiro atoms. The van der Waals surface area contributed by atoms with Gasteiger partial charge in [-0.25, -0.2) is 0 Å². The summed E-state index contributed by atoms with van der Waals surface area (Å²) in [5, 5.41) is 8.91. The molecule has 1 amide bonds. The minimum atomic E-state index is -0.902. The Morgan fingerprint density at radius 2 is 1.77 bits per heavy atom. The van der Waals surface area contributed by atoms with Crippen molar-refractivity contribution >= 4 is 11.9 Å². The number of aliphatic carboxylic acids is 1. The fourth-order valence-corrected chi connectivity index (χ4v) is 2.55. The molecule has 13 heavy (non-hydrogen) atoms. The van der Waals surface area contributed by atoms with E-state index in [9.17, 15) is 9.59 Å². The zero-order valence-corrected chi connectivity index (χ0v) is 7.01. The van der Waals surface area contributed by atoms with Crippen LogP contribution in [0.4, 0.5) is 0 Å². The molecule has 1 fully saturated rings. The van der Waals surface area contributed by atoms with Gasteiger partial charge >= 0.3 is 5.97 Å². The van der Waals surface area contributed by atoms with E-state index in [0.29, 0.717) is 0 Å². The molecule has 2 aliphatic rings. The Morgan fingerprint density at radius 1 is 1.23 bits per heavy atom. The molecule has 4 nitrogen and oxygen atoms in total. The monoisotopic (exact) mass is 181 g/mol. The third-order valence-electron chi connectivity index (χ3n) is 3.07. The number of fused-ring (bicyclic) bond motifs is 2. The van der Waals surface area contributed by atoms with E-state index in [1.165, 1.54) is 0 Å². The number of nitrogens with two attached hydrogens (primary N) is 1. The maximum Gasteiger partial charge on any atom is 0.307 e. The van der Waals surface area contributed by atoms with E-state index < -0.39 is 23.7 Å². The number of carbonyl (C=O) groups excluding carboxylic acids is 1. The standard InChI is InChI=1S/C9H11NO3/c10-8(11)6-4-1-2-5(3-4)7(6)9(12)13/h1-2,4-7H,3H2,(H2,10,11)(H,12,13)/t4-,5-,6+,7-/m1/s1. The van der Waals surface area contributed by atoms with Crippen molar-refractivity contribution in [2.75, 3.05) is 0 Å². The molecule has 1 saturated carbocycles. The topological polar surface area (TPSA) is 80.4 Å². The highest BCUT2D eigenvalue weighted by Crippen LogP contribution is 2.47. The van der Waals surface area contributed by atoms with E-state index in [0.717, 1.165) is 6.42 Å². The van der Waals surface area contributed by atoms with Gasteiger partial charge in [-0.15, -0.1) is 0 Å². The molecule has 0 heterocycles. The average Bonchev–Trinajstić information content (AvgIpc) is 2.60. The van der Waals surface area contributed by atoms with Crippen molar-refractivity contribution in [1.82, 2.24) is 0 Å². The highest BCUT2D eigenvalue weighted by molar-refractivity contribution is 5.85. The lowest BCUT2D eigenvalue weighted by molar-refractivity contribution is -0.147. The van der Waals surface area contributed by atoms with Crippen LogP contribution in [0.5, 0.6) is 0 Å². The largest absolute Gasteiger partial charge is 0.481 e. The summed E-state index contributed by atoms with van der Waals surface area (Å²) in [5.74, 6) is -2.39. The van der Waals surface area contributed by atoms with Gasteiger partial charge < -0.3 is 10.8 Å². The van der Waals surface area contributed by atoms with Crippen molar-refractivity contribution in [2.24, 2.45) is 29.4 Å². The van der Waals surface area contributed by atoms with Crippen molar-refractivity contribution in [3.63, 3.8) is 0 Å². The van der Waals surface area contributed by atoms with Gasteiger partial charge in [0.05, 0.1) is 11.8 Å². The fourth-order valence-electron chi connectivity index (χ4n) is 2.55. The first-order valence-corrected chi connectivity index (χ1v) is 4.31. The Kier molecular flexibility index (Phi) is 1.65. The van der Waals surface area contributed by atoms with Gasteiger partial charge in [0.25, 0.3) is 0 Å². The van der Waals surface area contributed by atoms with Crippen LogP contribution in [0.3, 0.4) is 0 Å². The third-order valence-corrected chi connectivity index (χ3v) is 3.07. The Balaban J connectivity index is 2.30. The normalized spacial score (nSPS) is 40.9. The van der Waals surface area contributed by atoms with Crippen LogP contribution in [0.15, 0.2) is 12.2 Å². The molecular formula is C9H11NO3. The minimum Gasteiger partial charge on any atom is -0.481 e.